The maximum Gasteiger partial charge on any atom is 0.352 e. The molecule has 3 heterocycles. The van der Waals surface area contributed by atoms with Gasteiger partial charge in [0.1, 0.15) is 5.70 Å². The summed E-state index contributed by atoms with van der Waals surface area (Å²) in [6.07, 6.45) is 0.0216. The molecule has 1 amide bonds. The maximum atomic E-state index is 12.3. The van der Waals surface area contributed by atoms with Crippen LogP contribution < -0.4 is 11.5 Å². The molecule has 3 rings (SSSR count). The van der Waals surface area contributed by atoms with Crippen molar-refractivity contribution in [2.45, 2.75) is 38.5 Å². The van der Waals surface area contributed by atoms with Gasteiger partial charge in [-0.05, 0) is 18.9 Å². The molecule has 1 unspecified atom stereocenters. The smallest absolute Gasteiger partial charge is 0.352 e. The van der Waals surface area contributed by atoms with Crippen LogP contribution in [0.15, 0.2) is 16.3 Å². The van der Waals surface area contributed by atoms with Crippen LogP contribution in [0.1, 0.15) is 20.3 Å². The number of amides is 1. The molecule has 5 atom stereocenters. The lowest BCUT2D eigenvalue weighted by Crippen LogP contribution is -2.63. The second-order valence-electron chi connectivity index (χ2n) is 7.16. The minimum absolute atomic E-state index is 0.0134. The van der Waals surface area contributed by atoms with Crippen LogP contribution in [-0.2, 0) is 9.59 Å². The van der Waals surface area contributed by atoms with Crippen LogP contribution in [0.4, 0.5) is 0 Å². The third kappa shape index (κ3) is 2.87. The molecular formula is C16H25N5O4. The summed E-state index contributed by atoms with van der Waals surface area (Å²) in [6.45, 7) is 5.38. The lowest BCUT2D eigenvalue weighted by molar-refractivity contribution is -0.163. The number of likely N-dealkylation sites (tertiary alicyclic amines) is 1. The van der Waals surface area contributed by atoms with Gasteiger partial charge in [0.25, 0.3) is 0 Å². The molecule has 9 nitrogen and oxygen atoms in total. The monoisotopic (exact) mass is 351 g/mol. The maximum absolute atomic E-state index is 12.3. The summed E-state index contributed by atoms with van der Waals surface area (Å²) in [4.78, 5) is 31.7. The Hall–Kier alpha value is -2.13. The Labute approximate surface area is 146 Å². The van der Waals surface area contributed by atoms with Crippen molar-refractivity contribution in [3.05, 3.63) is 11.3 Å². The number of nitrogens with zero attached hydrogens (tertiary/aromatic N) is 3. The third-order valence-electron chi connectivity index (χ3n) is 5.49. The number of carboxylic acid groups (broad SMARTS) is 1. The van der Waals surface area contributed by atoms with Gasteiger partial charge in [0, 0.05) is 25.6 Å². The van der Waals surface area contributed by atoms with Crippen LogP contribution in [0.5, 0.6) is 0 Å². The Kier molecular flexibility index (Phi) is 4.46. The number of fused-ring (bicyclic) bond motifs is 1. The quantitative estimate of drug-likeness (QED) is 0.269. The van der Waals surface area contributed by atoms with Crippen LogP contribution in [0.2, 0.25) is 0 Å². The van der Waals surface area contributed by atoms with Crippen molar-refractivity contribution >= 4 is 17.8 Å². The largest absolute Gasteiger partial charge is 0.477 e. The first-order valence-corrected chi connectivity index (χ1v) is 8.51. The number of carbonyl (C=O) groups excluding carboxylic acids is 1. The lowest BCUT2D eigenvalue weighted by atomic mass is 9.77. The van der Waals surface area contributed by atoms with E-state index < -0.39 is 18.0 Å². The molecule has 0 aromatic carbocycles. The summed E-state index contributed by atoms with van der Waals surface area (Å²) >= 11 is 0. The summed E-state index contributed by atoms with van der Waals surface area (Å²) in [5.74, 6) is -1.98. The molecule has 0 aromatic rings. The van der Waals surface area contributed by atoms with E-state index in [-0.39, 0.29) is 35.6 Å². The summed E-state index contributed by atoms with van der Waals surface area (Å²) in [5, 5.41) is 19.5. The molecule has 2 fully saturated rings. The fourth-order valence-electron chi connectivity index (χ4n) is 4.37. The second kappa shape index (κ2) is 6.30. The number of β-lactam (4-membered cyclic amide) rings is 1. The summed E-state index contributed by atoms with van der Waals surface area (Å²) < 4.78 is 0. The molecule has 2 saturated heterocycles. The van der Waals surface area contributed by atoms with Crippen LogP contribution in [0.25, 0.3) is 0 Å². The topological polar surface area (TPSA) is 145 Å². The first kappa shape index (κ1) is 17.7. The van der Waals surface area contributed by atoms with Crippen molar-refractivity contribution in [1.82, 2.24) is 9.80 Å². The zero-order valence-corrected chi connectivity index (χ0v) is 14.4. The molecule has 3 aliphatic heterocycles. The molecule has 0 radical (unpaired) electrons. The van der Waals surface area contributed by atoms with Gasteiger partial charge in [-0.2, -0.15) is 0 Å². The van der Waals surface area contributed by atoms with Gasteiger partial charge in [0.2, 0.25) is 5.91 Å². The van der Waals surface area contributed by atoms with Crippen molar-refractivity contribution in [2.24, 2.45) is 28.3 Å². The fraction of sp³-hybridized carbons (Fsp3) is 0.688. The minimum Gasteiger partial charge on any atom is -0.477 e. The number of carboxylic acids is 1. The van der Waals surface area contributed by atoms with Crippen molar-refractivity contribution < 1.29 is 19.8 Å². The molecule has 3 aliphatic rings. The van der Waals surface area contributed by atoms with Crippen molar-refractivity contribution in [3.8, 4) is 0 Å². The number of hydrogen-bond donors (Lipinski definition) is 4. The van der Waals surface area contributed by atoms with Gasteiger partial charge in [-0.1, -0.05) is 6.92 Å². The highest BCUT2D eigenvalue weighted by molar-refractivity contribution is 6.00. The van der Waals surface area contributed by atoms with E-state index >= 15 is 0 Å². The number of aliphatic carboxylic acids is 1. The van der Waals surface area contributed by atoms with E-state index in [2.05, 4.69) is 9.89 Å². The van der Waals surface area contributed by atoms with Crippen LogP contribution in [0.3, 0.4) is 0 Å². The molecule has 138 valence electrons. The number of rotatable bonds is 5. The number of aliphatic hydroxyl groups excluding tert-OH is 1. The van der Waals surface area contributed by atoms with E-state index in [9.17, 15) is 19.8 Å². The Morgan fingerprint density at radius 1 is 1.44 bits per heavy atom. The Morgan fingerprint density at radius 2 is 2.12 bits per heavy atom. The first-order chi connectivity index (χ1) is 11.7. The standard InChI is InChI=1S/C16H25N5O4/c1-7-10(6-20-4-3-9(5-20)19-16(17)18)13(15(24)25)21-12(7)11(8(2)22)14(21)23/h7-9,11-12,22H,3-6H2,1-2H3,(H,24,25)(H4,17,18,19)/t7-,8+,9-,11?,12+/m0/s1. The number of guanidine groups is 1. The normalized spacial score (nSPS) is 33.2. The molecule has 0 aliphatic carbocycles. The highest BCUT2D eigenvalue weighted by Gasteiger charge is 2.59. The molecular weight excluding hydrogens is 326 g/mol. The van der Waals surface area contributed by atoms with Gasteiger partial charge in [0.05, 0.1) is 24.1 Å². The molecule has 6 N–H and O–H groups in total. The van der Waals surface area contributed by atoms with Gasteiger partial charge in [-0.3, -0.25) is 9.69 Å². The minimum atomic E-state index is -1.10. The summed E-state index contributed by atoms with van der Waals surface area (Å²) in [5.41, 5.74) is 11.7. The predicted octanol–water partition coefficient (Wildman–Crippen LogP) is -1.47. The zero-order chi connectivity index (χ0) is 18.5. The van der Waals surface area contributed by atoms with E-state index in [1.807, 2.05) is 6.92 Å². The number of carbonyl (C=O) groups is 2. The van der Waals surface area contributed by atoms with Gasteiger partial charge in [-0.15, -0.1) is 0 Å². The van der Waals surface area contributed by atoms with Crippen molar-refractivity contribution in [2.75, 3.05) is 19.6 Å². The molecule has 0 bridgehead atoms. The fourth-order valence-corrected chi connectivity index (χ4v) is 4.37. The number of aliphatic imine (C=N–C) groups is 1. The first-order valence-electron chi connectivity index (χ1n) is 8.51. The SMILES string of the molecule is C[C@@H](O)C1C(=O)N2C(C(=O)O)=C(CN3CC[C@H](N=C(N)N)C3)[C@H](C)[C@H]12. The molecule has 25 heavy (non-hydrogen) atoms. The number of hydrogen-bond acceptors (Lipinski definition) is 5. The van der Waals surface area contributed by atoms with Crippen LogP contribution in [-0.4, -0.2) is 75.7 Å². The lowest BCUT2D eigenvalue weighted by Gasteiger charge is -2.46. The predicted molar refractivity (Wildman–Crippen MR) is 90.3 cm³/mol. The van der Waals surface area contributed by atoms with Crippen LogP contribution in [0, 0.1) is 11.8 Å². The van der Waals surface area contributed by atoms with E-state index in [1.54, 1.807) is 6.92 Å². The van der Waals surface area contributed by atoms with Gasteiger partial charge < -0.3 is 26.6 Å². The van der Waals surface area contributed by atoms with Gasteiger partial charge in [0.15, 0.2) is 5.96 Å². The average Bonchev–Trinajstić information content (AvgIpc) is 3.01. The van der Waals surface area contributed by atoms with E-state index in [1.165, 1.54) is 4.90 Å². The third-order valence-corrected chi connectivity index (χ3v) is 5.49. The van der Waals surface area contributed by atoms with E-state index in [0.717, 1.165) is 18.5 Å². The molecule has 0 spiro atoms. The number of aliphatic hydroxyl groups is 1. The van der Waals surface area contributed by atoms with Gasteiger partial charge >= 0.3 is 5.97 Å². The van der Waals surface area contributed by atoms with E-state index in [0.29, 0.717) is 13.1 Å². The molecule has 9 heteroatoms. The molecule has 0 saturated carbocycles. The van der Waals surface area contributed by atoms with Crippen LogP contribution >= 0.6 is 0 Å². The Morgan fingerprint density at radius 3 is 2.68 bits per heavy atom. The summed E-state index contributed by atoms with van der Waals surface area (Å²) in [7, 11) is 0. The highest BCUT2D eigenvalue weighted by Crippen LogP contribution is 2.47. The van der Waals surface area contributed by atoms with Crippen molar-refractivity contribution in [1.29, 1.82) is 0 Å². The Bertz CT molecular complexity index is 655. The summed E-state index contributed by atoms with van der Waals surface area (Å²) in [6, 6.07) is -0.260. The number of nitrogens with two attached hydrogens (primary N) is 2. The highest BCUT2D eigenvalue weighted by atomic mass is 16.4. The zero-order valence-electron chi connectivity index (χ0n) is 14.4. The van der Waals surface area contributed by atoms with E-state index in [4.69, 9.17) is 11.5 Å². The average molecular weight is 351 g/mol. The van der Waals surface area contributed by atoms with Crippen molar-refractivity contribution in [3.63, 3.8) is 0 Å². The second-order valence-corrected chi connectivity index (χ2v) is 7.16. The Balaban J connectivity index is 1.80. The molecule has 0 aromatic heterocycles. The van der Waals surface area contributed by atoms with Gasteiger partial charge in [-0.25, -0.2) is 9.79 Å².